The molecule has 162 valence electrons. The summed E-state index contributed by atoms with van der Waals surface area (Å²) in [6, 6.07) is 12.3. The van der Waals surface area contributed by atoms with E-state index in [0.717, 1.165) is 29.8 Å². The Kier molecular flexibility index (Phi) is 6.13. The summed E-state index contributed by atoms with van der Waals surface area (Å²) in [6.07, 6.45) is 5.73. The van der Waals surface area contributed by atoms with Gasteiger partial charge in [-0.2, -0.15) is 5.10 Å². The van der Waals surface area contributed by atoms with Gasteiger partial charge in [0.1, 0.15) is 12.1 Å². The molecule has 3 amide bonds. The number of carbonyl (C=O) groups is 2. The van der Waals surface area contributed by atoms with Crippen LogP contribution in [0.5, 0.6) is 11.5 Å². The zero-order valence-electron chi connectivity index (χ0n) is 17.3. The number of rotatable bonds is 6. The molecule has 0 radical (unpaired) electrons. The molecule has 4 rings (SSSR count). The number of methoxy groups -OCH3 is 1. The van der Waals surface area contributed by atoms with Gasteiger partial charge in [-0.3, -0.25) is 4.79 Å². The highest BCUT2D eigenvalue weighted by Crippen LogP contribution is 2.34. The number of ether oxygens (including phenoxy) is 2. The van der Waals surface area contributed by atoms with E-state index in [-0.39, 0.29) is 5.91 Å². The average molecular weight is 442 g/mol. The molecule has 31 heavy (non-hydrogen) atoms. The summed E-state index contributed by atoms with van der Waals surface area (Å²) < 4.78 is 11.3. The minimum absolute atomic E-state index is 0.278. The van der Waals surface area contributed by atoms with Crippen LogP contribution in [-0.2, 0) is 11.4 Å². The molecule has 1 heterocycles. The van der Waals surface area contributed by atoms with Crippen molar-refractivity contribution >= 4 is 29.8 Å². The fraction of sp³-hybridized carbons (Fsp3) is 0.348. The predicted molar refractivity (Wildman–Crippen MR) is 118 cm³/mol. The van der Waals surface area contributed by atoms with Crippen LogP contribution in [-0.4, -0.2) is 35.8 Å². The first-order valence-corrected chi connectivity index (χ1v) is 10.7. The first-order valence-electron chi connectivity index (χ1n) is 10.3. The SMILES string of the molecule is COc1cc(C=NN2C(=O)NC3(CCCCC3)C2=O)ccc1OCc1ccccc1Cl. The van der Waals surface area contributed by atoms with Crippen molar-refractivity contribution in [3.8, 4) is 11.5 Å². The molecule has 8 heteroatoms. The minimum atomic E-state index is -0.791. The lowest BCUT2D eigenvalue weighted by molar-refractivity contribution is -0.132. The summed E-state index contributed by atoms with van der Waals surface area (Å²) >= 11 is 6.18. The molecule has 2 fully saturated rings. The molecule has 2 aromatic rings. The third kappa shape index (κ3) is 4.37. The van der Waals surface area contributed by atoms with E-state index in [0.29, 0.717) is 41.5 Å². The molecule has 1 aliphatic heterocycles. The van der Waals surface area contributed by atoms with Crippen molar-refractivity contribution in [2.75, 3.05) is 7.11 Å². The van der Waals surface area contributed by atoms with E-state index in [1.54, 1.807) is 25.3 Å². The molecule has 1 saturated carbocycles. The average Bonchev–Trinajstić information content (AvgIpc) is 3.01. The van der Waals surface area contributed by atoms with Gasteiger partial charge >= 0.3 is 6.03 Å². The molecule has 0 aromatic heterocycles. The number of halogens is 1. The van der Waals surface area contributed by atoms with Crippen LogP contribution in [0.3, 0.4) is 0 Å². The van der Waals surface area contributed by atoms with Gasteiger partial charge in [-0.25, -0.2) is 4.79 Å². The summed E-state index contributed by atoms with van der Waals surface area (Å²) in [4.78, 5) is 25.1. The Morgan fingerprint density at radius 1 is 1.13 bits per heavy atom. The summed E-state index contributed by atoms with van der Waals surface area (Å²) in [6.45, 7) is 0.300. The highest BCUT2D eigenvalue weighted by Gasteiger charge is 2.51. The molecule has 1 aliphatic carbocycles. The maximum atomic E-state index is 12.8. The Bertz CT molecular complexity index is 1020. The Morgan fingerprint density at radius 3 is 2.65 bits per heavy atom. The van der Waals surface area contributed by atoms with Crippen molar-refractivity contribution in [1.29, 1.82) is 0 Å². The van der Waals surface area contributed by atoms with Crippen molar-refractivity contribution < 1.29 is 19.1 Å². The molecule has 1 N–H and O–H groups in total. The van der Waals surface area contributed by atoms with Crippen molar-refractivity contribution in [1.82, 2.24) is 10.3 Å². The number of imide groups is 1. The largest absolute Gasteiger partial charge is 0.493 e. The molecule has 2 aromatic carbocycles. The molecule has 1 spiro atoms. The summed E-state index contributed by atoms with van der Waals surface area (Å²) in [5, 5.41) is 8.55. The summed E-state index contributed by atoms with van der Waals surface area (Å²) in [5.41, 5.74) is 0.750. The zero-order valence-corrected chi connectivity index (χ0v) is 18.0. The fourth-order valence-corrected chi connectivity index (χ4v) is 4.17. The topological polar surface area (TPSA) is 80.2 Å². The molecule has 0 bridgehead atoms. The summed E-state index contributed by atoms with van der Waals surface area (Å²) in [5.74, 6) is 0.785. The second-order valence-electron chi connectivity index (χ2n) is 7.72. The number of hydrogen-bond acceptors (Lipinski definition) is 5. The second kappa shape index (κ2) is 8.98. The van der Waals surface area contributed by atoms with Gasteiger partial charge in [0.05, 0.1) is 13.3 Å². The molecular weight excluding hydrogens is 418 g/mol. The number of carbonyl (C=O) groups excluding carboxylic acids is 2. The number of hydrazone groups is 1. The number of urea groups is 1. The number of amides is 3. The van der Waals surface area contributed by atoms with E-state index in [1.807, 2.05) is 24.3 Å². The standard InChI is InChI=1S/C23H24ClN3O4/c1-30-20-13-16(9-10-19(20)31-15-17-7-3-4-8-18(17)24)14-25-27-21(28)23(26-22(27)29)11-5-2-6-12-23/h3-4,7-10,13-14H,2,5-6,11-12,15H2,1H3,(H,26,29). The molecule has 7 nitrogen and oxygen atoms in total. The maximum absolute atomic E-state index is 12.8. The Labute approximate surface area is 186 Å². The second-order valence-corrected chi connectivity index (χ2v) is 8.13. The smallest absolute Gasteiger partial charge is 0.346 e. The first-order chi connectivity index (χ1) is 15.0. The third-order valence-corrected chi connectivity index (χ3v) is 6.07. The van der Waals surface area contributed by atoms with Gasteiger partial charge in [0.25, 0.3) is 5.91 Å². The number of nitrogens with zero attached hydrogens (tertiary/aromatic N) is 2. The molecule has 0 unspecified atom stereocenters. The fourth-order valence-electron chi connectivity index (χ4n) is 3.98. The van der Waals surface area contributed by atoms with Crippen LogP contribution in [0.4, 0.5) is 4.79 Å². The highest BCUT2D eigenvalue weighted by atomic mass is 35.5. The maximum Gasteiger partial charge on any atom is 0.346 e. The van der Waals surface area contributed by atoms with Crippen LogP contribution in [0, 0.1) is 0 Å². The Morgan fingerprint density at radius 2 is 1.90 bits per heavy atom. The number of benzene rings is 2. The lowest BCUT2D eigenvalue weighted by Crippen LogP contribution is -2.48. The van der Waals surface area contributed by atoms with E-state index in [2.05, 4.69) is 10.4 Å². The third-order valence-electron chi connectivity index (χ3n) is 5.70. The quantitative estimate of drug-likeness (QED) is 0.528. The van der Waals surface area contributed by atoms with Gasteiger partial charge in [-0.05, 0) is 42.7 Å². The lowest BCUT2D eigenvalue weighted by atomic mass is 9.82. The van der Waals surface area contributed by atoms with Crippen LogP contribution in [0.25, 0.3) is 0 Å². The van der Waals surface area contributed by atoms with E-state index in [4.69, 9.17) is 21.1 Å². The molecular formula is C23H24ClN3O4. The van der Waals surface area contributed by atoms with Crippen molar-refractivity contribution in [2.45, 2.75) is 44.2 Å². The van der Waals surface area contributed by atoms with E-state index < -0.39 is 11.6 Å². The Hall–Kier alpha value is -3.06. The van der Waals surface area contributed by atoms with Gasteiger partial charge < -0.3 is 14.8 Å². The Balaban J connectivity index is 1.46. The van der Waals surface area contributed by atoms with Gasteiger partial charge in [0.15, 0.2) is 11.5 Å². The summed E-state index contributed by atoms with van der Waals surface area (Å²) in [7, 11) is 1.54. The van der Waals surface area contributed by atoms with Crippen LogP contribution in [0.1, 0.15) is 43.2 Å². The van der Waals surface area contributed by atoms with Crippen LogP contribution in [0.15, 0.2) is 47.6 Å². The van der Waals surface area contributed by atoms with Crippen molar-refractivity contribution in [3.05, 3.63) is 58.6 Å². The van der Waals surface area contributed by atoms with E-state index in [1.165, 1.54) is 6.21 Å². The van der Waals surface area contributed by atoms with Crippen LogP contribution < -0.4 is 14.8 Å². The van der Waals surface area contributed by atoms with Gasteiger partial charge in [0, 0.05) is 10.6 Å². The normalized spacial score (nSPS) is 17.9. The van der Waals surface area contributed by atoms with Gasteiger partial charge in [0.2, 0.25) is 0 Å². The predicted octanol–water partition coefficient (Wildman–Crippen LogP) is 4.52. The molecule has 0 atom stereocenters. The van der Waals surface area contributed by atoms with Gasteiger partial charge in [-0.15, -0.1) is 5.01 Å². The number of nitrogens with one attached hydrogen (secondary N) is 1. The molecule has 1 saturated heterocycles. The van der Waals surface area contributed by atoms with E-state index >= 15 is 0 Å². The minimum Gasteiger partial charge on any atom is -0.493 e. The zero-order chi connectivity index (χ0) is 21.8. The van der Waals surface area contributed by atoms with Crippen LogP contribution in [0.2, 0.25) is 5.02 Å². The molecule has 2 aliphatic rings. The van der Waals surface area contributed by atoms with Crippen molar-refractivity contribution in [3.63, 3.8) is 0 Å². The van der Waals surface area contributed by atoms with Gasteiger partial charge in [-0.1, -0.05) is 49.1 Å². The first kappa shape index (κ1) is 21.2. The monoisotopic (exact) mass is 441 g/mol. The number of hydrogen-bond donors (Lipinski definition) is 1. The van der Waals surface area contributed by atoms with Crippen molar-refractivity contribution in [2.24, 2.45) is 5.10 Å². The lowest BCUT2D eigenvalue weighted by Gasteiger charge is -2.29. The van der Waals surface area contributed by atoms with E-state index in [9.17, 15) is 9.59 Å². The van der Waals surface area contributed by atoms with Crippen LogP contribution >= 0.6 is 11.6 Å². The highest BCUT2D eigenvalue weighted by molar-refractivity contribution is 6.31.